The van der Waals surface area contributed by atoms with Crippen molar-refractivity contribution in [1.82, 2.24) is 20.6 Å². The number of hydrogen-bond donors (Lipinski definition) is 4. The van der Waals surface area contributed by atoms with Gasteiger partial charge in [-0.05, 0) is 70.5 Å². The van der Waals surface area contributed by atoms with Gasteiger partial charge in [0.1, 0.15) is 18.4 Å². The average molecular weight is 888 g/mol. The number of unbranched alkanes of at least 4 members (excludes halogenated alkanes) is 13. The zero-order valence-corrected chi connectivity index (χ0v) is 38.7. The van der Waals surface area contributed by atoms with Crippen LogP contribution in [0.1, 0.15) is 155 Å². The number of nitrogens with zero attached hydrogens (tertiary/aromatic N) is 3. The summed E-state index contributed by atoms with van der Waals surface area (Å²) in [6.45, 7) is 8.31. The number of phenolic OH excluding ortho intramolecular Hbond substituents is 1. The average Bonchev–Trinajstić information content (AvgIpc) is 3.53. The van der Waals surface area contributed by atoms with Crippen LogP contribution in [0.25, 0.3) is 0 Å². The van der Waals surface area contributed by atoms with Crippen LogP contribution in [0.15, 0.2) is 29.3 Å². The van der Waals surface area contributed by atoms with Crippen LogP contribution < -0.4 is 10.6 Å². The Morgan fingerprint density at radius 1 is 1.00 bits per heavy atom. The van der Waals surface area contributed by atoms with Gasteiger partial charge in [-0.2, -0.15) is 6.61 Å². The van der Waals surface area contributed by atoms with Crippen molar-refractivity contribution in [2.45, 2.75) is 167 Å². The van der Waals surface area contributed by atoms with E-state index in [2.05, 4.69) is 22.5 Å². The number of carbonyl (C=O) groups excluding carboxylic acids is 4. The first kappa shape index (κ1) is 51.5. The molecule has 58 heavy (non-hydrogen) atoms. The quantitative estimate of drug-likeness (QED) is 0.0223. The van der Waals surface area contributed by atoms with Gasteiger partial charge < -0.3 is 30.1 Å². The summed E-state index contributed by atoms with van der Waals surface area (Å²) in [5, 5.41) is 27.6. The maximum absolute atomic E-state index is 13.6. The third kappa shape index (κ3) is 18.8. The molecule has 14 heteroatoms. The van der Waals surface area contributed by atoms with Crippen molar-refractivity contribution in [2.24, 2.45) is 10.9 Å². The number of hydrogen-bond acceptors (Lipinski definition) is 10. The Bertz CT molecular complexity index is 1420. The predicted molar refractivity (Wildman–Crippen MR) is 221 cm³/mol. The van der Waals surface area contributed by atoms with E-state index in [-0.39, 0.29) is 94.1 Å². The van der Waals surface area contributed by atoms with Crippen molar-refractivity contribution in [3.63, 3.8) is 0 Å². The number of phenols is 1. The Kier molecular flexibility index (Phi) is 25.6. The number of ether oxygens (including phenoxy) is 2. The first-order chi connectivity index (χ1) is 27.4. The summed E-state index contributed by atoms with van der Waals surface area (Å²) in [4.78, 5) is 58.6. The normalized spacial score (nSPS) is 19.0. The van der Waals surface area contributed by atoms with E-state index in [0.29, 0.717) is 24.9 Å². The van der Waals surface area contributed by atoms with Crippen molar-refractivity contribution < 1.29 is 71.7 Å². The molecule has 0 saturated carbocycles. The fraction of sp³-hybridized carbons (Fsp3) is 0.727. The second-order valence-corrected chi connectivity index (χ2v) is 16.3. The summed E-state index contributed by atoms with van der Waals surface area (Å²) in [6.07, 6.45) is 19.8. The molecule has 2 heterocycles. The largest absolute Gasteiger partial charge is 0.635 e. The minimum atomic E-state index is -1.36. The molecule has 1 aromatic rings. The smallest absolute Gasteiger partial charge is 0.297 e. The van der Waals surface area contributed by atoms with E-state index in [0.717, 1.165) is 50.1 Å². The Balaban J connectivity index is 0.0000116. The van der Waals surface area contributed by atoms with E-state index >= 15 is 0 Å². The fourth-order valence-corrected chi connectivity index (χ4v) is 7.15. The molecule has 0 aliphatic carbocycles. The van der Waals surface area contributed by atoms with Crippen LogP contribution in [0, 0.1) is 12.5 Å². The summed E-state index contributed by atoms with van der Waals surface area (Å²) in [5.41, 5.74) is -1.01. The number of esters is 1. The van der Waals surface area contributed by atoms with Gasteiger partial charge >= 0.3 is 0 Å². The van der Waals surface area contributed by atoms with Gasteiger partial charge in [0, 0.05) is 59.3 Å². The van der Waals surface area contributed by atoms with Gasteiger partial charge in [-0.3, -0.25) is 24.4 Å². The number of aliphatic imine (C=N–C) groups is 1. The van der Waals surface area contributed by atoms with E-state index in [1.807, 2.05) is 6.92 Å². The number of para-hydroxylation sites is 1. The van der Waals surface area contributed by atoms with Crippen LogP contribution in [-0.4, -0.2) is 101 Å². The topological polar surface area (TPSA) is 170 Å². The maximum atomic E-state index is 13.6. The number of rotatable bonds is 28. The van der Waals surface area contributed by atoms with Crippen LogP contribution in [0.4, 0.5) is 0 Å². The molecule has 13 nitrogen and oxygen atoms in total. The summed E-state index contributed by atoms with van der Waals surface area (Å²) in [5.74, 6) is -1.59. The molecule has 0 aromatic heterocycles. The van der Waals surface area contributed by atoms with Gasteiger partial charge in [0.15, 0.2) is 5.54 Å². The first-order valence-electron chi connectivity index (χ1n) is 21.8. The van der Waals surface area contributed by atoms with Crippen molar-refractivity contribution in [3.05, 3.63) is 36.4 Å². The Hall–Kier alpha value is -2.61. The van der Waals surface area contributed by atoms with Crippen molar-refractivity contribution in [3.8, 4) is 5.75 Å². The minimum Gasteiger partial charge on any atom is -0.635 e. The van der Waals surface area contributed by atoms with E-state index in [1.54, 1.807) is 37.1 Å². The van der Waals surface area contributed by atoms with Gasteiger partial charge in [0.25, 0.3) is 11.9 Å². The van der Waals surface area contributed by atoms with Crippen LogP contribution in [0.5, 0.6) is 5.75 Å². The molecule has 4 atom stereocenters. The number of benzene rings is 1. The number of likely N-dealkylation sites (tertiary alicyclic amines) is 1. The van der Waals surface area contributed by atoms with Crippen molar-refractivity contribution >= 4 is 29.6 Å². The van der Waals surface area contributed by atoms with Gasteiger partial charge in [-0.15, -0.1) is 5.92 Å². The van der Waals surface area contributed by atoms with E-state index in [9.17, 15) is 29.5 Å². The SMILES string of the molecule is CCCCCCCCCCCCCCCC(=O)N(O)CCCCC(NC(=O)[C@]1(C)COC(c2ccccc2O)=N1)C(=O)O[CH-][C@H](C)CNC1CCCCN(C)C1=O.[Y]. The first-order valence-corrected chi connectivity index (χ1v) is 21.8. The van der Waals surface area contributed by atoms with Crippen LogP contribution in [0.2, 0.25) is 0 Å². The molecule has 325 valence electrons. The van der Waals surface area contributed by atoms with Crippen LogP contribution in [0.3, 0.4) is 0 Å². The molecule has 0 bridgehead atoms. The Morgan fingerprint density at radius 2 is 1.64 bits per heavy atom. The minimum absolute atomic E-state index is 0. The molecular formula is C44H72N5O8Y-. The standard InChI is InChI=1S/C44H72N5O8.Y/c1-5-6-7-8-9-10-11-12-13-14-15-16-17-28-39(51)49(55)30-23-21-26-37(42(53)56-32-34(2)31-45-36-25-20-22-29-48(4)41(36)52)46-43(54)44(3)33-57-40(47-44)35-24-18-19-27-38(35)50;/h18-19,24,27,32,34,36-37,45,50,55H,5-17,20-23,25-26,28-31,33H2,1-4H3,(H,46,54);/q-1;/t34-,36?,37?,44+;/m1./s1. The Labute approximate surface area is 373 Å². The molecule has 1 saturated heterocycles. The summed E-state index contributed by atoms with van der Waals surface area (Å²) >= 11 is 0. The fourth-order valence-electron chi connectivity index (χ4n) is 7.15. The van der Waals surface area contributed by atoms with Gasteiger partial charge in [-0.25, -0.2) is 10.1 Å². The third-order valence-corrected chi connectivity index (χ3v) is 11.0. The van der Waals surface area contributed by atoms with Gasteiger partial charge in [0.05, 0.1) is 11.6 Å². The van der Waals surface area contributed by atoms with E-state index in [1.165, 1.54) is 76.9 Å². The molecule has 2 unspecified atom stereocenters. The molecule has 0 spiro atoms. The summed E-state index contributed by atoms with van der Waals surface area (Å²) in [7, 11) is 1.81. The molecule has 1 fully saturated rings. The molecule has 3 rings (SSSR count). The Morgan fingerprint density at radius 3 is 2.29 bits per heavy atom. The number of nitrogens with one attached hydrogen (secondary N) is 2. The third-order valence-electron chi connectivity index (χ3n) is 11.0. The van der Waals surface area contributed by atoms with Gasteiger partial charge in [0.2, 0.25) is 17.7 Å². The number of hydroxylamine groups is 2. The predicted octanol–water partition coefficient (Wildman–Crippen LogP) is 7.22. The molecule has 2 aliphatic rings. The second-order valence-electron chi connectivity index (χ2n) is 16.3. The van der Waals surface area contributed by atoms with E-state index in [4.69, 9.17) is 9.47 Å². The number of carbonyl (C=O) groups is 4. The van der Waals surface area contributed by atoms with Crippen molar-refractivity contribution in [1.29, 1.82) is 0 Å². The summed E-state index contributed by atoms with van der Waals surface area (Å²) in [6, 6.07) is 5.21. The van der Waals surface area contributed by atoms with Crippen LogP contribution in [-0.2, 0) is 61.4 Å². The molecular weight excluding hydrogens is 815 g/mol. The second kappa shape index (κ2) is 28.8. The zero-order chi connectivity index (χ0) is 41.5. The molecule has 4 N–H and O–H groups in total. The molecule has 1 radical (unpaired) electrons. The zero-order valence-electron chi connectivity index (χ0n) is 35.9. The van der Waals surface area contributed by atoms with E-state index < -0.39 is 23.5 Å². The van der Waals surface area contributed by atoms with Gasteiger partial charge in [-0.1, -0.05) is 103 Å². The summed E-state index contributed by atoms with van der Waals surface area (Å²) < 4.78 is 11.3. The monoisotopic (exact) mass is 887 g/mol. The maximum Gasteiger partial charge on any atom is 0.297 e. The number of amides is 3. The molecule has 3 amide bonds. The van der Waals surface area contributed by atoms with Crippen molar-refractivity contribution in [2.75, 3.05) is 33.3 Å². The molecule has 2 aliphatic heterocycles. The number of aromatic hydroxyl groups is 1. The van der Waals surface area contributed by atoms with Crippen LogP contribution >= 0.6 is 0 Å². The molecule has 1 aromatic carbocycles. The number of likely N-dealkylation sites (N-methyl/N-ethyl adjacent to an activating group) is 1.